The van der Waals surface area contributed by atoms with E-state index in [-0.39, 0.29) is 11.3 Å². The molecule has 2 aromatic carbocycles. The fraction of sp³-hybridized carbons (Fsp3) is 0.300. The molecule has 0 aliphatic carbocycles. The van der Waals surface area contributed by atoms with E-state index in [1.54, 1.807) is 44.4 Å². The maximum Gasteiger partial charge on any atom is 0.341 e. The van der Waals surface area contributed by atoms with Crippen molar-refractivity contribution in [3.05, 3.63) is 69.8 Å². The van der Waals surface area contributed by atoms with Crippen molar-refractivity contribution in [3.63, 3.8) is 0 Å². The molecule has 9 heteroatoms. The molecule has 0 radical (unpaired) electrons. The van der Waals surface area contributed by atoms with Crippen molar-refractivity contribution >= 4 is 23.3 Å². The molecular weight excluding hydrogens is 378 g/mol. The molecule has 9 nitrogen and oxygen atoms in total. The smallest absolute Gasteiger partial charge is 0.341 e. The Kier molecular flexibility index (Phi) is 7.67. The van der Waals surface area contributed by atoms with Gasteiger partial charge in [-0.05, 0) is 6.07 Å². The van der Waals surface area contributed by atoms with E-state index in [2.05, 4.69) is 5.32 Å². The van der Waals surface area contributed by atoms with Gasteiger partial charge < -0.3 is 19.7 Å². The van der Waals surface area contributed by atoms with E-state index >= 15 is 0 Å². The van der Waals surface area contributed by atoms with Crippen LogP contribution in [0.5, 0.6) is 0 Å². The normalized spacial score (nSPS) is 11.4. The molecule has 0 aromatic heterocycles. The number of nitro groups is 1. The van der Waals surface area contributed by atoms with Crippen LogP contribution < -0.4 is 5.32 Å². The predicted molar refractivity (Wildman–Crippen MR) is 107 cm³/mol. The van der Waals surface area contributed by atoms with Crippen LogP contribution in [-0.2, 0) is 14.3 Å². The van der Waals surface area contributed by atoms with Crippen LogP contribution in [0.4, 0.5) is 11.4 Å². The third-order valence-electron chi connectivity index (χ3n) is 4.05. The molecule has 0 heterocycles. The third kappa shape index (κ3) is 5.76. The number of esters is 1. The zero-order chi connectivity index (χ0) is 21.4. The molecule has 2 aromatic rings. The van der Waals surface area contributed by atoms with Gasteiger partial charge in [0, 0.05) is 51.1 Å². The van der Waals surface area contributed by atoms with Gasteiger partial charge in [0.2, 0.25) is 6.10 Å². The lowest BCUT2D eigenvalue weighted by atomic mass is 10.1. The lowest BCUT2D eigenvalue weighted by Crippen LogP contribution is -2.31. The number of amides is 1. The van der Waals surface area contributed by atoms with Gasteiger partial charge in [0.05, 0.1) is 17.1 Å². The molecule has 0 spiro atoms. The second-order valence-corrected chi connectivity index (χ2v) is 6.34. The van der Waals surface area contributed by atoms with Crippen LogP contribution in [0, 0.1) is 10.1 Å². The summed E-state index contributed by atoms with van der Waals surface area (Å²) in [6.07, 6.45) is -1.18. The third-order valence-corrected chi connectivity index (χ3v) is 4.05. The van der Waals surface area contributed by atoms with Gasteiger partial charge >= 0.3 is 5.97 Å². The van der Waals surface area contributed by atoms with Gasteiger partial charge in [-0.3, -0.25) is 14.9 Å². The Hall–Kier alpha value is -3.46. The Morgan fingerprint density at radius 1 is 1.17 bits per heavy atom. The van der Waals surface area contributed by atoms with Crippen LogP contribution in [0.1, 0.15) is 22.0 Å². The van der Waals surface area contributed by atoms with Crippen molar-refractivity contribution < 1.29 is 24.0 Å². The summed E-state index contributed by atoms with van der Waals surface area (Å²) in [6, 6.07) is 12.4. The fourth-order valence-corrected chi connectivity index (χ4v) is 2.55. The van der Waals surface area contributed by atoms with Crippen molar-refractivity contribution in [2.24, 2.45) is 0 Å². The first-order valence-electron chi connectivity index (χ1n) is 8.83. The maximum absolute atomic E-state index is 12.9. The molecule has 0 aliphatic heterocycles. The van der Waals surface area contributed by atoms with E-state index < -0.39 is 22.9 Å². The van der Waals surface area contributed by atoms with Crippen LogP contribution >= 0.6 is 0 Å². The number of benzene rings is 2. The predicted octanol–water partition coefficient (Wildman–Crippen LogP) is 2.64. The Balaban J connectivity index is 2.37. The van der Waals surface area contributed by atoms with Crippen molar-refractivity contribution in [1.82, 2.24) is 4.90 Å². The number of nitrogens with one attached hydrogen (secondary N) is 1. The van der Waals surface area contributed by atoms with Crippen LogP contribution in [-0.4, -0.2) is 56.1 Å². The van der Waals surface area contributed by atoms with Gasteiger partial charge in [0.25, 0.3) is 11.6 Å². The van der Waals surface area contributed by atoms with E-state index in [1.165, 1.54) is 24.1 Å². The average molecular weight is 401 g/mol. The van der Waals surface area contributed by atoms with E-state index in [0.29, 0.717) is 24.4 Å². The van der Waals surface area contributed by atoms with Gasteiger partial charge in [-0.2, -0.15) is 0 Å². The number of carbonyl (C=O) groups is 2. The second kappa shape index (κ2) is 10.2. The van der Waals surface area contributed by atoms with Crippen LogP contribution in [0.3, 0.4) is 0 Å². The Morgan fingerprint density at radius 2 is 1.86 bits per heavy atom. The van der Waals surface area contributed by atoms with Crippen LogP contribution in [0.2, 0.25) is 0 Å². The number of methoxy groups -OCH3 is 1. The van der Waals surface area contributed by atoms with Gasteiger partial charge in [0.1, 0.15) is 0 Å². The van der Waals surface area contributed by atoms with E-state index in [1.807, 2.05) is 0 Å². The standard InChI is InChI=1S/C20H23N3O6/c1-22(2)19(24)18(14-7-5-4-6-8-14)29-20(25)16-13-15(23(26)27)9-10-17(16)21-11-12-28-3/h4-10,13,18,21H,11-12H2,1-3H3/t18-/m0/s1. The number of hydrogen-bond donors (Lipinski definition) is 1. The van der Waals surface area contributed by atoms with Crippen LogP contribution in [0.15, 0.2) is 48.5 Å². The highest BCUT2D eigenvalue weighted by Crippen LogP contribution is 2.27. The summed E-state index contributed by atoms with van der Waals surface area (Å²) in [5.41, 5.74) is 0.549. The number of rotatable bonds is 9. The number of anilines is 1. The monoisotopic (exact) mass is 401 g/mol. The summed E-state index contributed by atoms with van der Waals surface area (Å²) >= 11 is 0. The molecule has 0 bridgehead atoms. The summed E-state index contributed by atoms with van der Waals surface area (Å²) in [5, 5.41) is 14.1. The summed E-state index contributed by atoms with van der Waals surface area (Å²) in [4.78, 5) is 37.3. The average Bonchev–Trinajstić information content (AvgIpc) is 2.72. The molecular formula is C20H23N3O6. The van der Waals surface area contributed by atoms with Gasteiger partial charge in [0.15, 0.2) is 0 Å². The quantitative estimate of drug-likeness (QED) is 0.298. The maximum atomic E-state index is 12.9. The number of non-ortho nitro benzene ring substituents is 1. The first kappa shape index (κ1) is 21.8. The summed E-state index contributed by atoms with van der Waals surface area (Å²) in [7, 11) is 4.64. The van der Waals surface area contributed by atoms with Crippen molar-refractivity contribution in [3.8, 4) is 0 Å². The zero-order valence-corrected chi connectivity index (χ0v) is 16.5. The molecule has 154 valence electrons. The van der Waals surface area contributed by atoms with E-state index in [4.69, 9.17) is 9.47 Å². The topological polar surface area (TPSA) is 111 Å². The van der Waals surface area contributed by atoms with Gasteiger partial charge in [-0.15, -0.1) is 0 Å². The summed E-state index contributed by atoms with van der Waals surface area (Å²) < 4.78 is 10.5. The van der Waals surface area contributed by atoms with Crippen LogP contribution in [0.25, 0.3) is 0 Å². The molecule has 29 heavy (non-hydrogen) atoms. The molecule has 0 saturated heterocycles. The first-order valence-corrected chi connectivity index (χ1v) is 8.83. The Morgan fingerprint density at radius 3 is 2.45 bits per heavy atom. The first-order chi connectivity index (χ1) is 13.8. The van der Waals surface area contributed by atoms with E-state index in [9.17, 15) is 19.7 Å². The number of ether oxygens (including phenoxy) is 2. The highest BCUT2D eigenvalue weighted by Gasteiger charge is 2.28. The van der Waals surface area contributed by atoms with Crippen molar-refractivity contribution in [1.29, 1.82) is 0 Å². The zero-order valence-electron chi connectivity index (χ0n) is 16.5. The highest BCUT2D eigenvalue weighted by atomic mass is 16.6. The number of hydrogen-bond acceptors (Lipinski definition) is 7. The molecule has 0 aliphatic rings. The largest absolute Gasteiger partial charge is 0.444 e. The minimum Gasteiger partial charge on any atom is -0.444 e. The number of nitrogens with zero attached hydrogens (tertiary/aromatic N) is 2. The Bertz CT molecular complexity index is 870. The molecule has 0 fully saturated rings. The molecule has 1 atom stereocenters. The summed E-state index contributed by atoms with van der Waals surface area (Å²) in [6.45, 7) is 0.755. The number of likely N-dealkylation sites (N-methyl/N-ethyl adjacent to an activating group) is 1. The SMILES string of the molecule is COCCNc1ccc([N+](=O)[O-])cc1C(=O)O[C@H](C(=O)N(C)C)c1ccccc1. The fourth-order valence-electron chi connectivity index (χ4n) is 2.55. The Labute approximate surface area is 168 Å². The minimum absolute atomic E-state index is 0.0391. The van der Waals surface area contributed by atoms with Crippen molar-refractivity contribution in [2.45, 2.75) is 6.10 Å². The second-order valence-electron chi connectivity index (χ2n) is 6.34. The minimum atomic E-state index is -1.18. The number of nitro benzene ring substituents is 1. The van der Waals surface area contributed by atoms with Gasteiger partial charge in [-0.25, -0.2) is 4.79 Å². The van der Waals surface area contributed by atoms with Gasteiger partial charge in [-0.1, -0.05) is 30.3 Å². The molecule has 0 saturated carbocycles. The van der Waals surface area contributed by atoms with E-state index in [0.717, 1.165) is 6.07 Å². The van der Waals surface area contributed by atoms with Crippen molar-refractivity contribution in [2.75, 3.05) is 39.7 Å². The molecule has 2 rings (SSSR count). The summed E-state index contributed by atoms with van der Waals surface area (Å²) in [5.74, 6) is -1.28. The molecule has 1 amide bonds. The number of carbonyl (C=O) groups excluding carboxylic acids is 2. The highest BCUT2D eigenvalue weighted by molar-refractivity contribution is 5.98. The lowest BCUT2D eigenvalue weighted by molar-refractivity contribution is -0.384. The molecule has 0 unspecified atom stereocenters. The lowest BCUT2D eigenvalue weighted by Gasteiger charge is -2.22. The molecule has 1 N–H and O–H groups in total.